The number of hydrogen-bond acceptors (Lipinski definition) is 5. The second kappa shape index (κ2) is 8.22. The van der Waals surface area contributed by atoms with Gasteiger partial charge in [0, 0.05) is 16.3 Å². The number of carbonyl (C=O) groups excluding carboxylic acids is 3. The number of Topliss-reactive ketones (excluding diaryl/α,β-unsaturated/α-hetero) is 1. The summed E-state index contributed by atoms with van der Waals surface area (Å²) in [6.07, 6.45) is 0.441. The number of halogens is 1. The van der Waals surface area contributed by atoms with E-state index in [4.69, 9.17) is 21.1 Å². The second-order valence-electron chi connectivity index (χ2n) is 6.26. The average Bonchev–Trinajstić information content (AvgIpc) is 2.65. The lowest BCUT2D eigenvalue weighted by atomic mass is 9.97. The smallest absolute Gasteiger partial charge is 0.313 e. The SMILES string of the molecule is CC(=O)c1cccc(NC(=O)COC(=O)[C@@H]2COc3ccc(Cl)cc3C2)c1. The van der Waals surface area contributed by atoms with Crippen molar-refractivity contribution in [1.82, 2.24) is 0 Å². The summed E-state index contributed by atoms with van der Waals surface area (Å²) >= 11 is 5.97. The summed E-state index contributed by atoms with van der Waals surface area (Å²) in [5.74, 6) is -0.885. The summed E-state index contributed by atoms with van der Waals surface area (Å²) in [6.45, 7) is 1.22. The van der Waals surface area contributed by atoms with Crippen LogP contribution >= 0.6 is 11.6 Å². The number of esters is 1. The van der Waals surface area contributed by atoms with Crippen LogP contribution in [0.3, 0.4) is 0 Å². The second-order valence-corrected chi connectivity index (χ2v) is 6.69. The van der Waals surface area contributed by atoms with Crippen LogP contribution in [0, 0.1) is 5.92 Å². The Morgan fingerprint density at radius 2 is 2.04 bits per heavy atom. The summed E-state index contributed by atoms with van der Waals surface area (Å²) in [4.78, 5) is 35.6. The van der Waals surface area contributed by atoms with Gasteiger partial charge in [-0.15, -0.1) is 0 Å². The highest BCUT2D eigenvalue weighted by Crippen LogP contribution is 2.30. The van der Waals surface area contributed by atoms with Crippen LogP contribution in [0.1, 0.15) is 22.8 Å². The molecule has 1 heterocycles. The number of ketones is 1. The maximum absolute atomic E-state index is 12.2. The fourth-order valence-corrected chi connectivity index (χ4v) is 2.98. The molecule has 2 aromatic carbocycles. The molecule has 7 heteroatoms. The molecule has 1 N–H and O–H groups in total. The van der Waals surface area contributed by atoms with Gasteiger partial charge in [0.15, 0.2) is 12.4 Å². The third-order valence-corrected chi connectivity index (χ3v) is 4.40. The van der Waals surface area contributed by atoms with E-state index in [0.29, 0.717) is 28.4 Å². The number of benzene rings is 2. The molecule has 1 aliphatic heterocycles. The number of amides is 1. The Labute approximate surface area is 161 Å². The van der Waals surface area contributed by atoms with Crippen molar-refractivity contribution in [2.45, 2.75) is 13.3 Å². The number of nitrogens with one attached hydrogen (secondary N) is 1. The molecule has 0 unspecified atom stereocenters. The molecule has 1 amide bonds. The zero-order valence-corrected chi connectivity index (χ0v) is 15.4. The molecule has 6 nitrogen and oxygen atoms in total. The van der Waals surface area contributed by atoms with E-state index in [0.717, 1.165) is 5.56 Å². The van der Waals surface area contributed by atoms with E-state index in [9.17, 15) is 14.4 Å². The summed E-state index contributed by atoms with van der Waals surface area (Å²) in [6, 6.07) is 11.8. The van der Waals surface area contributed by atoms with Crippen molar-refractivity contribution in [2.75, 3.05) is 18.5 Å². The molecule has 0 fully saturated rings. The largest absolute Gasteiger partial charge is 0.492 e. The van der Waals surface area contributed by atoms with E-state index in [-0.39, 0.29) is 12.4 Å². The number of fused-ring (bicyclic) bond motifs is 1. The van der Waals surface area contributed by atoms with Gasteiger partial charge < -0.3 is 14.8 Å². The molecule has 0 radical (unpaired) electrons. The molecule has 2 aromatic rings. The Bertz CT molecular complexity index is 896. The molecule has 140 valence electrons. The number of carbonyl (C=O) groups is 3. The van der Waals surface area contributed by atoms with E-state index < -0.39 is 24.4 Å². The lowest BCUT2D eigenvalue weighted by Gasteiger charge is -2.24. The third-order valence-electron chi connectivity index (χ3n) is 4.16. The van der Waals surface area contributed by atoms with E-state index in [1.165, 1.54) is 6.92 Å². The maximum Gasteiger partial charge on any atom is 0.313 e. The lowest BCUT2D eigenvalue weighted by Crippen LogP contribution is -2.32. The molecule has 27 heavy (non-hydrogen) atoms. The molecular weight excluding hydrogens is 370 g/mol. The van der Waals surface area contributed by atoms with Crippen molar-refractivity contribution in [3.05, 3.63) is 58.6 Å². The van der Waals surface area contributed by atoms with Crippen molar-refractivity contribution in [3.8, 4) is 5.75 Å². The van der Waals surface area contributed by atoms with Crippen LogP contribution in [0.5, 0.6) is 5.75 Å². The van der Waals surface area contributed by atoms with Gasteiger partial charge >= 0.3 is 5.97 Å². The highest BCUT2D eigenvalue weighted by Gasteiger charge is 2.28. The molecule has 0 spiro atoms. The fourth-order valence-electron chi connectivity index (χ4n) is 2.78. The summed E-state index contributed by atoms with van der Waals surface area (Å²) in [5, 5.41) is 3.17. The maximum atomic E-state index is 12.2. The van der Waals surface area contributed by atoms with Crippen molar-refractivity contribution in [3.63, 3.8) is 0 Å². The minimum Gasteiger partial charge on any atom is -0.492 e. The molecule has 3 rings (SSSR count). The number of rotatable bonds is 5. The van der Waals surface area contributed by atoms with Gasteiger partial charge in [-0.25, -0.2) is 0 Å². The Kier molecular flexibility index (Phi) is 5.76. The molecule has 0 aromatic heterocycles. The normalized spacial score (nSPS) is 15.3. The van der Waals surface area contributed by atoms with Crippen LogP contribution in [-0.2, 0) is 20.7 Å². The third kappa shape index (κ3) is 4.86. The van der Waals surface area contributed by atoms with E-state index in [2.05, 4.69) is 5.32 Å². The van der Waals surface area contributed by atoms with E-state index in [1.54, 1.807) is 42.5 Å². The topological polar surface area (TPSA) is 81.7 Å². The van der Waals surface area contributed by atoms with Crippen LogP contribution in [0.2, 0.25) is 5.02 Å². The monoisotopic (exact) mass is 387 g/mol. The van der Waals surface area contributed by atoms with E-state index in [1.807, 2.05) is 0 Å². The van der Waals surface area contributed by atoms with Gasteiger partial charge in [0.1, 0.15) is 12.4 Å². The summed E-state index contributed by atoms with van der Waals surface area (Å²) in [7, 11) is 0. The first-order valence-corrected chi connectivity index (χ1v) is 8.79. The number of hydrogen-bond donors (Lipinski definition) is 1. The van der Waals surface area contributed by atoms with Crippen LogP contribution in [0.4, 0.5) is 5.69 Å². The standard InChI is InChI=1S/C20H18ClNO5/c1-12(23)13-3-2-4-17(9-13)22-19(24)11-27-20(25)15-7-14-8-16(21)5-6-18(14)26-10-15/h2-6,8-9,15H,7,10-11H2,1H3,(H,22,24)/t15-/m0/s1. The van der Waals surface area contributed by atoms with Gasteiger partial charge in [0.05, 0.1) is 5.92 Å². The van der Waals surface area contributed by atoms with E-state index >= 15 is 0 Å². The van der Waals surface area contributed by atoms with Crippen LogP contribution in [0.25, 0.3) is 0 Å². The lowest BCUT2D eigenvalue weighted by molar-refractivity contribution is -0.152. The Balaban J connectivity index is 1.52. The predicted octanol–water partition coefficient (Wildman–Crippen LogP) is 3.28. The van der Waals surface area contributed by atoms with Crippen molar-refractivity contribution < 1.29 is 23.9 Å². The van der Waals surface area contributed by atoms with Crippen molar-refractivity contribution >= 4 is 34.9 Å². The first kappa shape index (κ1) is 18.9. The van der Waals surface area contributed by atoms with Crippen LogP contribution in [-0.4, -0.2) is 30.9 Å². The van der Waals surface area contributed by atoms with Gasteiger partial charge in [-0.3, -0.25) is 14.4 Å². The zero-order valence-electron chi connectivity index (χ0n) is 14.7. The zero-order chi connectivity index (χ0) is 19.4. The van der Waals surface area contributed by atoms with Crippen LogP contribution < -0.4 is 10.1 Å². The summed E-state index contributed by atoms with van der Waals surface area (Å²) in [5.41, 5.74) is 1.79. The molecule has 0 aliphatic carbocycles. The number of ether oxygens (including phenoxy) is 2. The fraction of sp³-hybridized carbons (Fsp3) is 0.250. The van der Waals surface area contributed by atoms with Gasteiger partial charge in [-0.05, 0) is 49.2 Å². The summed E-state index contributed by atoms with van der Waals surface area (Å²) < 4.78 is 10.7. The predicted molar refractivity (Wildman–Crippen MR) is 100 cm³/mol. The Morgan fingerprint density at radius 1 is 1.22 bits per heavy atom. The first-order chi connectivity index (χ1) is 12.9. The average molecular weight is 388 g/mol. The van der Waals surface area contributed by atoms with Gasteiger partial charge in [0.25, 0.3) is 5.91 Å². The quantitative estimate of drug-likeness (QED) is 0.629. The molecular formula is C20H18ClNO5. The van der Waals surface area contributed by atoms with Gasteiger partial charge in [-0.2, -0.15) is 0 Å². The molecule has 1 atom stereocenters. The van der Waals surface area contributed by atoms with Crippen molar-refractivity contribution in [2.24, 2.45) is 5.92 Å². The van der Waals surface area contributed by atoms with Gasteiger partial charge in [-0.1, -0.05) is 23.7 Å². The first-order valence-electron chi connectivity index (χ1n) is 8.41. The minimum absolute atomic E-state index is 0.102. The van der Waals surface area contributed by atoms with Crippen LogP contribution in [0.15, 0.2) is 42.5 Å². The highest BCUT2D eigenvalue weighted by molar-refractivity contribution is 6.30. The Hall–Kier alpha value is -2.86. The van der Waals surface area contributed by atoms with Crippen molar-refractivity contribution in [1.29, 1.82) is 0 Å². The highest BCUT2D eigenvalue weighted by atomic mass is 35.5. The molecule has 0 saturated heterocycles. The minimum atomic E-state index is -0.506. The number of anilines is 1. The Morgan fingerprint density at radius 3 is 2.81 bits per heavy atom. The molecule has 1 aliphatic rings. The molecule has 0 bridgehead atoms. The van der Waals surface area contributed by atoms with Gasteiger partial charge in [0.2, 0.25) is 0 Å². The molecule has 0 saturated carbocycles.